The summed E-state index contributed by atoms with van der Waals surface area (Å²) in [6.07, 6.45) is 10.1. The standard InChI is InChI=1S/C14H24/c1-5-6-7-13(4)14-9-11(2)8-12(3)10-14/h8-9,12-13H,5-7,10H2,1-4H3. The number of hydrogen-bond acceptors (Lipinski definition) is 0. The molecule has 0 radical (unpaired) electrons. The predicted octanol–water partition coefficient (Wildman–Crippen LogP) is 4.73. The highest BCUT2D eigenvalue weighted by Crippen LogP contribution is 2.29. The molecular weight excluding hydrogens is 168 g/mol. The second-order valence-electron chi connectivity index (χ2n) is 4.85. The summed E-state index contributed by atoms with van der Waals surface area (Å²) in [5, 5.41) is 0. The van der Waals surface area contributed by atoms with E-state index in [4.69, 9.17) is 0 Å². The molecule has 0 amide bonds. The molecule has 1 aliphatic carbocycles. The number of rotatable bonds is 4. The van der Waals surface area contributed by atoms with Gasteiger partial charge in [-0.1, -0.05) is 56.9 Å². The van der Waals surface area contributed by atoms with E-state index in [1.807, 2.05) is 0 Å². The number of unbranched alkanes of at least 4 members (excludes halogenated alkanes) is 1. The molecule has 0 saturated carbocycles. The molecule has 0 heteroatoms. The van der Waals surface area contributed by atoms with E-state index in [1.165, 1.54) is 31.3 Å². The molecule has 1 rings (SSSR count). The molecule has 0 saturated heterocycles. The molecule has 0 aromatic carbocycles. The van der Waals surface area contributed by atoms with Gasteiger partial charge in [-0.25, -0.2) is 0 Å². The van der Waals surface area contributed by atoms with E-state index in [1.54, 1.807) is 5.57 Å². The first kappa shape index (κ1) is 11.6. The maximum absolute atomic E-state index is 2.40. The molecule has 14 heavy (non-hydrogen) atoms. The van der Waals surface area contributed by atoms with Crippen molar-refractivity contribution in [2.75, 3.05) is 0 Å². The van der Waals surface area contributed by atoms with E-state index in [2.05, 4.69) is 39.8 Å². The van der Waals surface area contributed by atoms with Crippen LogP contribution in [0, 0.1) is 11.8 Å². The van der Waals surface area contributed by atoms with Crippen LogP contribution in [0.2, 0.25) is 0 Å². The monoisotopic (exact) mass is 192 g/mol. The zero-order valence-corrected chi connectivity index (χ0v) is 10.1. The van der Waals surface area contributed by atoms with Crippen molar-refractivity contribution in [1.29, 1.82) is 0 Å². The van der Waals surface area contributed by atoms with Crippen molar-refractivity contribution >= 4 is 0 Å². The summed E-state index contributed by atoms with van der Waals surface area (Å²) in [4.78, 5) is 0. The van der Waals surface area contributed by atoms with Gasteiger partial charge < -0.3 is 0 Å². The molecule has 0 bridgehead atoms. The van der Waals surface area contributed by atoms with Gasteiger partial charge in [-0.15, -0.1) is 0 Å². The van der Waals surface area contributed by atoms with Crippen molar-refractivity contribution in [2.24, 2.45) is 11.8 Å². The summed E-state index contributed by atoms with van der Waals surface area (Å²) < 4.78 is 0. The minimum Gasteiger partial charge on any atom is -0.0784 e. The summed E-state index contributed by atoms with van der Waals surface area (Å²) >= 11 is 0. The minimum atomic E-state index is 0.749. The maximum atomic E-state index is 2.40. The predicted molar refractivity (Wildman–Crippen MR) is 64.3 cm³/mol. The van der Waals surface area contributed by atoms with Crippen molar-refractivity contribution in [2.45, 2.75) is 53.4 Å². The van der Waals surface area contributed by atoms with Crippen LogP contribution < -0.4 is 0 Å². The lowest BCUT2D eigenvalue weighted by atomic mass is 9.84. The van der Waals surface area contributed by atoms with E-state index in [0.29, 0.717) is 0 Å². The lowest BCUT2D eigenvalue weighted by Gasteiger charge is -2.22. The largest absolute Gasteiger partial charge is 0.0784 e. The van der Waals surface area contributed by atoms with Crippen LogP contribution in [0.5, 0.6) is 0 Å². The fourth-order valence-corrected chi connectivity index (χ4v) is 2.32. The van der Waals surface area contributed by atoms with Crippen molar-refractivity contribution in [3.05, 3.63) is 23.3 Å². The SMILES string of the molecule is CCCCC(C)C1=CC(C)=CC(C)C1. The minimum absolute atomic E-state index is 0.749. The Bertz CT molecular complexity index is 232. The molecule has 0 nitrogen and oxygen atoms in total. The molecule has 1 aliphatic rings. The van der Waals surface area contributed by atoms with Gasteiger partial charge in [0.25, 0.3) is 0 Å². The highest BCUT2D eigenvalue weighted by Gasteiger charge is 2.14. The third-order valence-corrected chi connectivity index (χ3v) is 3.14. The van der Waals surface area contributed by atoms with Gasteiger partial charge in [0.05, 0.1) is 0 Å². The fourth-order valence-electron chi connectivity index (χ4n) is 2.32. The second kappa shape index (κ2) is 5.38. The molecular formula is C14H24. The van der Waals surface area contributed by atoms with E-state index in [9.17, 15) is 0 Å². The normalized spacial score (nSPS) is 24.1. The first-order valence-corrected chi connectivity index (χ1v) is 6.02. The Labute approximate surface area is 89.1 Å². The van der Waals surface area contributed by atoms with E-state index in [0.717, 1.165) is 11.8 Å². The zero-order chi connectivity index (χ0) is 10.6. The van der Waals surface area contributed by atoms with Crippen LogP contribution in [0.15, 0.2) is 23.3 Å². The third-order valence-electron chi connectivity index (χ3n) is 3.14. The Balaban J connectivity index is 2.55. The molecule has 0 aliphatic heterocycles. The van der Waals surface area contributed by atoms with Crippen molar-refractivity contribution in [3.8, 4) is 0 Å². The average Bonchev–Trinajstić information content (AvgIpc) is 2.12. The molecule has 0 spiro atoms. The summed E-state index contributed by atoms with van der Waals surface area (Å²) in [6.45, 7) is 9.20. The molecule has 0 N–H and O–H groups in total. The van der Waals surface area contributed by atoms with Crippen LogP contribution in [0.25, 0.3) is 0 Å². The average molecular weight is 192 g/mol. The maximum Gasteiger partial charge on any atom is -0.0219 e. The van der Waals surface area contributed by atoms with Gasteiger partial charge in [-0.2, -0.15) is 0 Å². The molecule has 0 heterocycles. The highest BCUT2D eigenvalue weighted by molar-refractivity contribution is 5.28. The Hall–Kier alpha value is -0.520. The smallest absolute Gasteiger partial charge is 0.0219 e. The van der Waals surface area contributed by atoms with Gasteiger partial charge in [0, 0.05) is 0 Å². The lowest BCUT2D eigenvalue weighted by molar-refractivity contribution is 0.527. The Morgan fingerprint density at radius 3 is 2.79 bits per heavy atom. The number of hydrogen-bond donors (Lipinski definition) is 0. The van der Waals surface area contributed by atoms with Crippen molar-refractivity contribution in [3.63, 3.8) is 0 Å². The molecule has 0 fully saturated rings. The van der Waals surface area contributed by atoms with Crippen LogP contribution >= 0.6 is 0 Å². The fraction of sp³-hybridized carbons (Fsp3) is 0.714. The molecule has 0 aromatic rings. The van der Waals surface area contributed by atoms with Gasteiger partial charge in [-0.05, 0) is 31.6 Å². The second-order valence-corrected chi connectivity index (χ2v) is 4.85. The molecule has 0 aromatic heterocycles. The number of allylic oxidation sites excluding steroid dienone is 4. The van der Waals surface area contributed by atoms with Crippen molar-refractivity contribution in [1.82, 2.24) is 0 Å². The van der Waals surface area contributed by atoms with Crippen LogP contribution in [-0.2, 0) is 0 Å². The quantitative estimate of drug-likeness (QED) is 0.604. The van der Waals surface area contributed by atoms with Crippen LogP contribution in [0.1, 0.15) is 53.4 Å². The summed E-state index contributed by atoms with van der Waals surface area (Å²) in [5.74, 6) is 1.54. The Morgan fingerprint density at radius 1 is 1.50 bits per heavy atom. The summed E-state index contributed by atoms with van der Waals surface area (Å²) in [5.41, 5.74) is 3.13. The van der Waals surface area contributed by atoms with Gasteiger partial charge in [-0.3, -0.25) is 0 Å². The third kappa shape index (κ3) is 3.32. The topological polar surface area (TPSA) is 0 Å². The highest BCUT2D eigenvalue weighted by atomic mass is 14.2. The molecule has 80 valence electrons. The van der Waals surface area contributed by atoms with E-state index in [-0.39, 0.29) is 0 Å². The first-order valence-electron chi connectivity index (χ1n) is 6.02. The Kier molecular flexibility index (Phi) is 4.44. The zero-order valence-electron chi connectivity index (χ0n) is 10.1. The lowest BCUT2D eigenvalue weighted by Crippen LogP contribution is -2.07. The van der Waals surface area contributed by atoms with Crippen LogP contribution in [0.4, 0.5) is 0 Å². The van der Waals surface area contributed by atoms with Crippen molar-refractivity contribution < 1.29 is 0 Å². The Morgan fingerprint density at radius 2 is 2.21 bits per heavy atom. The molecule has 2 unspecified atom stereocenters. The first-order chi connectivity index (χ1) is 6.63. The van der Waals surface area contributed by atoms with Gasteiger partial charge in [0.2, 0.25) is 0 Å². The summed E-state index contributed by atoms with van der Waals surface area (Å²) in [7, 11) is 0. The van der Waals surface area contributed by atoms with Gasteiger partial charge in [0.15, 0.2) is 0 Å². The van der Waals surface area contributed by atoms with Crippen LogP contribution in [0.3, 0.4) is 0 Å². The van der Waals surface area contributed by atoms with E-state index >= 15 is 0 Å². The van der Waals surface area contributed by atoms with Crippen LogP contribution in [-0.4, -0.2) is 0 Å². The van der Waals surface area contributed by atoms with Gasteiger partial charge in [0.1, 0.15) is 0 Å². The molecule has 2 atom stereocenters. The summed E-state index contributed by atoms with van der Waals surface area (Å²) in [6, 6.07) is 0. The van der Waals surface area contributed by atoms with Gasteiger partial charge >= 0.3 is 0 Å². The van der Waals surface area contributed by atoms with E-state index < -0.39 is 0 Å².